The molecule has 2 fully saturated rings. The van der Waals surface area contributed by atoms with Gasteiger partial charge in [-0.2, -0.15) is 0 Å². The van der Waals surface area contributed by atoms with Crippen LogP contribution in [0.1, 0.15) is 37.2 Å². The number of sulfonamides is 1. The third-order valence-electron chi connectivity index (χ3n) is 3.96. The van der Waals surface area contributed by atoms with Crippen molar-refractivity contribution in [2.24, 2.45) is 17.6 Å². The van der Waals surface area contributed by atoms with Crippen LogP contribution in [0.4, 0.5) is 0 Å². The summed E-state index contributed by atoms with van der Waals surface area (Å²) in [5.41, 5.74) is 5.48. The maximum atomic E-state index is 12.4. The van der Waals surface area contributed by atoms with Crippen molar-refractivity contribution in [2.75, 3.05) is 0 Å². The number of rotatable bonds is 6. The SMILES string of the molecule is Cc1oc(CN)cc1S(=O)(=O)NC(C1CC1)C1CC1. The molecule has 0 amide bonds. The summed E-state index contributed by atoms with van der Waals surface area (Å²) in [5.74, 6) is 1.98. The van der Waals surface area contributed by atoms with Crippen LogP contribution < -0.4 is 10.5 Å². The minimum absolute atomic E-state index is 0.112. The van der Waals surface area contributed by atoms with Gasteiger partial charge in [-0.15, -0.1) is 0 Å². The molecule has 0 radical (unpaired) electrons. The maximum absolute atomic E-state index is 12.4. The van der Waals surface area contributed by atoms with Crippen LogP contribution >= 0.6 is 0 Å². The predicted octanol–water partition coefficient (Wildman–Crippen LogP) is 1.51. The molecule has 1 aromatic rings. The highest BCUT2D eigenvalue weighted by Gasteiger charge is 2.43. The number of nitrogens with one attached hydrogen (secondary N) is 1. The molecule has 0 aliphatic heterocycles. The van der Waals surface area contributed by atoms with E-state index in [0.29, 0.717) is 23.4 Å². The summed E-state index contributed by atoms with van der Waals surface area (Å²) in [6.07, 6.45) is 4.56. The minimum atomic E-state index is -3.49. The van der Waals surface area contributed by atoms with Crippen LogP contribution in [0.5, 0.6) is 0 Å². The lowest BCUT2D eigenvalue weighted by molar-refractivity contribution is 0.464. The maximum Gasteiger partial charge on any atom is 0.244 e. The van der Waals surface area contributed by atoms with Crippen LogP contribution in [0.2, 0.25) is 0 Å². The Kier molecular flexibility index (Phi) is 3.19. The summed E-state index contributed by atoms with van der Waals surface area (Å²) < 4.78 is 33.1. The predicted molar refractivity (Wildman–Crippen MR) is 70.9 cm³/mol. The molecule has 2 saturated carbocycles. The highest BCUT2D eigenvalue weighted by atomic mass is 32.2. The molecule has 0 aromatic carbocycles. The van der Waals surface area contributed by atoms with E-state index in [-0.39, 0.29) is 17.5 Å². The molecule has 2 aliphatic carbocycles. The zero-order chi connectivity index (χ0) is 13.6. The van der Waals surface area contributed by atoms with Gasteiger partial charge in [0.05, 0.1) is 6.54 Å². The van der Waals surface area contributed by atoms with Crippen molar-refractivity contribution < 1.29 is 12.8 Å². The van der Waals surface area contributed by atoms with Gasteiger partial charge in [0.15, 0.2) is 0 Å². The molecule has 0 unspecified atom stereocenters. The lowest BCUT2D eigenvalue weighted by Crippen LogP contribution is -2.38. The Labute approximate surface area is 113 Å². The summed E-state index contributed by atoms with van der Waals surface area (Å²) in [5, 5.41) is 0. The van der Waals surface area contributed by atoms with Crippen molar-refractivity contribution in [1.82, 2.24) is 4.72 Å². The van der Waals surface area contributed by atoms with Crippen LogP contribution in [-0.2, 0) is 16.6 Å². The molecule has 0 spiro atoms. The molecule has 1 aromatic heterocycles. The average Bonchev–Trinajstić information content (AvgIpc) is 3.24. The van der Waals surface area contributed by atoms with Gasteiger partial charge >= 0.3 is 0 Å². The van der Waals surface area contributed by atoms with Gasteiger partial charge in [0.1, 0.15) is 16.4 Å². The topological polar surface area (TPSA) is 85.3 Å². The van der Waals surface area contributed by atoms with Gasteiger partial charge in [-0.05, 0) is 44.4 Å². The van der Waals surface area contributed by atoms with Crippen LogP contribution in [0.25, 0.3) is 0 Å². The number of aryl methyl sites for hydroxylation is 1. The Morgan fingerprint density at radius 3 is 2.37 bits per heavy atom. The van der Waals surface area contributed by atoms with E-state index in [9.17, 15) is 8.42 Å². The third-order valence-corrected chi connectivity index (χ3v) is 5.53. The van der Waals surface area contributed by atoms with Gasteiger partial charge in [-0.3, -0.25) is 0 Å². The van der Waals surface area contributed by atoms with Crippen molar-refractivity contribution in [3.05, 3.63) is 17.6 Å². The van der Waals surface area contributed by atoms with Gasteiger partial charge in [0, 0.05) is 12.1 Å². The molecule has 0 atom stereocenters. The molecule has 0 saturated heterocycles. The molecule has 6 heteroatoms. The van der Waals surface area contributed by atoms with E-state index in [4.69, 9.17) is 10.2 Å². The van der Waals surface area contributed by atoms with E-state index in [1.54, 1.807) is 6.92 Å². The third kappa shape index (κ3) is 2.70. The van der Waals surface area contributed by atoms with E-state index in [1.165, 1.54) is 6.07 Å². The Hall–Kier alpha value is -0.850. The standard InChI is InChI=1S/C13H20N2O3S/c1-8-12(6-11(7-14)18-8)19(16,17)15-13(9-2-3-9)10-4-5-10/h6,9-10,13,15H,2-5,7,14H2,1H3. The monoisotopic (exact) mass is 284 g/mol. The Morgan fingerprint density at radius 2 is 1.95 bits per heavy atom. The summed E-state index contributed by atoms with van der Waals surface area (Å²) in [4.78, 5) is 0.235. The molecule has 2 aliphatic rings. The van der Waals surface area contributed by atoms with Gasteiger partial charge < -0.3 is 10.2 Å². The molecular formula is C13H20N2O3S. The van der Waals surface area contributed by atoms with E-state index >= 15 is 0 Å². The molecular weight excluding hydrogens is 264 g/mol. The number of hydrogen-bond donors (Lipinski definition) is 2. The van der Waals surface area contributed by atoms with Crippen molar-refractivity contribution in [3.63, 3.8) is 0 Å². The molecule has 0 bridgehead atoms. The lowest BCUT2D eigenvalue weighted by Gasteiger charge is -2.17. The summed E-state index contributed by atoms with van der Waals surface area (Å²) in [7, 11) is -3.49. The van der Waals surface area contributed by atoms with Crippen LogP contribution in [-0.4, -0.2) is 14.5 Å². The smallest absolute Gasteiger partial charge is 0.244 e. The molecule has 1 heterocycles. The minimum Gasteiger partial charge on any atom is -0.464 e. The summed E-state index contributed by atoms with van der Waals surface area (Å²) >= 11 is 0. The first-order valence-corrected chi connectivity index (χ1v) is 8.31. The molecule has 3 N–H and O–H groups in total. The van der Waals surface area contributed by atoms with Gasteiger partial charge in [-0.1, -0.05) is 0 Å². The van der Waals surface area contributed by atoms with E-state index in [0.717, 1.165) is 25.7 Å². The van der Waals surface area contributed by atoms with Crippen LogP contribution in [0.15, 0.2) is 15.4 Å². The zero-order valence-electron chi connectivity index (χ0n) is 11.1. The van der Waals surface area contributed by atoms with Crippen LogP contribution in [0, 0.1) is 18.8 Å². The first-order chi connectivity index (χ1) is 9.01. The van der Waals surface area contributed by atoms with Crippen LogP contribution in [0.3, 0.4) is 0 Å². The fourth-order valence-corrected chi connectivity index (χ4v) is 4.20. The van der Waals surface area contributed by atoms with Crippen molar-refractivity contribution in [1.29, 1.82) is 0 Å². The normalized spacial score (nSPS) is 20.2. The number of furan rings is 1. The van der Waals surface area contributed by atoms with E-state index in [2.05, 4.69) is 4.72 Å². The first-order valence-electron chi connectivity index (χ1n) is 6.83. The molecule has 3 rings (SSSR count). The Bertz CT molecular complexity index is 559. The highest BCUT2D eigenvalue weighted by molar-refractivity contribution is 7.89. The fourth-order valence-electron chi connectivity index (χ4n) is 2.62. The fraction of sp³-hybridized carbons (Fsp3) is 0.692. The van der Waals surface area contributed by atoms with Crippen molar-refractivity contribution >= 4 is 10.0 Å². The average molecular weight is 284 g/mol. The van der Waals surface area contributed by atoms with E-state index in [1.807, 2.05) is 0 Å². The molecule has 106 valence electrons. The van der Waals surface area contributed by atoms with E-state index < -0.39 is 10.0 Å². The Balaban J connectivity index is 1.82. The molecule has 19 heavy (non-hydrogen) atoms. The first kappa shape index (κ1) is 13.1. The second-order valence-electron chi connectivity index (χ2n) is 5.66. The lowest BCUT2D eigenvalue weighted by atomic mass is 10.1. The van der Waals surface area contributed by atoms with Gasteiger partial charge in [0.25, 0.3) is 0 Å². The Morgan fingerprint density at radius 1 is 1.37 bits per heavy atom. The second-order valence-corrected chi connectivity index (χ2v) is 7.34. The van der Waals surface area contributed by atoms with Gasteiger partial charge in [0.2, 0.25) is 10.0 Å². The van der Waals surface area contributed by atoms with Crippen molar-refractivity contribution in [3.8, 4) is 0 Å². The van der Waals surface area contributed by atoms with Crippen molar-refractivity contribution in [2.45, 2.75) is 50.1 Å². The molecule has 5 nitrogen and oxygen atoms in total. The number of nitrogens with two attached hydrogens (primary N) is 1. The quantitative estimate of drug-likeness (QED) is 0.829. The zero-order valence-corrected chi connectivity index (χ0v) is 11.9. The summed E-state index contributed by atoms with van der Waals surface area (Å²) in [6.45, 7) is 1.88. The largest absolute Gasteiger partial charge is 0.464 e. The van der Waals surface area contributed by atoms with Gasteiger partial charge in [-0.25, -0.2) is 13.1 Å². The highest BCUT2D eigenvalue weighted by Crippen LogP contribution is 2.45. The summed E-state index contributed by atoms with van der Waals surface area (Å²) in [6, 6.07) is 1.65. The second kappa shape index (κ2) is 4.61. The number of hydrogen-bond acceptors (Lipinski definition) is 4.